The molecule has 0 saturated carbocycles. The van der Waals surface area contributed by atoms with E-state index in [0.29, 0.717) is 0 Å². The fourth-order valence-electron chi connectivity index (χ4n) is 5.44. The summed E-state index contributed by atoms with van der Waals surface area (Å²) in [6.07, 6.45) is 9.26. The van der Waals surface area contributed by atoms with Gasteiger partial charge >= 0.3 is 0 Å². The lowest BCUT2D eigenvalue weighted by Crippen LogP contribution is -2.68. The molecule has 0 saturated heterocycles. The van der Waals surface area contributed by atoms with Crippen molar-refractivity contribution in [2.24, 2.45) is 0 Å². The largest absolute Gasteiger partial charge is 0.344 e. The predicted octanol–water partition coefficient (Wildman–Crippen LogP) is 2.36. The van der Waals surface area contributed by atoms with Crippen LogP contribution in [0.5, 0.6) is 0 Å². The van der Waals surface area contributed by atoms with E-state index in [1.165, 1.54) is 33.9 Å². The van der Waals surface area contributed by atoms with Gasteiger partial charge in [0.1, 0.15) is 6.54 Å². The minimum atomic E-state index is -4.94. The summed E-state index contributed by atoms with van der Waals surface area (Å²) >= 11 is 0. The second-order valence-electron chi connectivity index (χ2n) is 10.3. The monoisotopic (exact) mass is 512 g/mol. The molecule has 2 aliphatic heterocycles. The second kappa shape index (κ2) is 10.9. The minimum absolute atomic E-state index is 0.0119. The molecule has 0 radical (unpaired) electrons. The van der Waals surface area contributed by atoms with Crippen molar-refractivity contribution in [2.75, 3.05) is 18.0 Å². The van der Waals surface area contributed by atoms with Gasteiger partial charge < -0.3 is 4.90 Å². The van der Waals surface area contributed by atoms with Crippen LogP contribution in [-0.2, 0) is 10.8 Å². The number of fused-ring (bicyclic) bond motifs is 2. The lowest BCUT2D eigenvalue weighted by atomic mass is 9.81. The second-order valence-corrected chi connectivity index (χ2v) is 11.0. The molecular weight excluding hydrogens is 476 g/mol. The number of halogens is 1. The van der Waals surface area contributed by atoms with Gasteiger partial charge in [0.15, 0.2) is 5.71 Å². The van der Waals surface area contributed by atoms with Crippen molar-refractivity contribution in [3.8, 4) is 0 Å². The Bertz CT molecular complexity index is 1170. The SMILES string of the molecule is CCCN1C(=CC=CC2=[N+](CCC)c3ccccc3C2(C)C)C(C)(C)c2ccccc21.[O-][Cl+3]([O-])([O-])[O-]. The normalized spacial score (nSPS) is 18.9. The number of nitrogens with zero attached hydrogens (tertiary/aromatic N) is 2. The van der Waals surface area contributed by atoms with Gasteiger partial charge in [0, 0.05) is 47.5 Å². The molecule has 0 amide bonds. The number of hydrogen-bond acceptors (Lipinski definition) is 5. The zero-order chi connectivity index (χ0) is 26.7. The Balaban J connectivity index is 0.000000658. The van der Waals surface area contributed by atoms with E-state index in [1.807, 2.05) is 0 Å². The molecule has 6 nitrogen and oxygen atoms in total. The smallest absolute Gasteiger partial charge is 0.209 e. The quantitative estimate of drug-likeness (QED) is 0.553. The zero-order valence-electron chi connectivity index (χ0n) is 22.1. The van der Waals surface area contributed by atoms with E-state index in [0.717, 1.165) is 25.9 Å². The van der Waals surface area contributed by atoms with Gasteiger partial charge in [-0.2, -0.15) is 4.58 Å². The lowest BCUT2D eigenvalue weighted by molar-refractivity contribution is -2.00. The highest BCUT2D eigenvalue weighted by Crippen LogP contribution is 2.47. The van der Waals surface area contributed by atoms with E-state index < -0.39 is 10.2 Å². The van der Waals surface area contributed by atoms with Crippen molar-refractivity contribution in [1.82, 2.24) is 0 Å². The molecule has 0 spiro atoms. The maximum absolute atomic E-state index is 8.49. The summed E-state index contributed by atoms with van der Waals surface area (Å²) in [7, 11) is -4.94. The van der Waals surface area contributed by atoms with Crippen LogP contribution < -0.4 is 23.5 Å². The van der Waals surface area contributed by atoms with Crippen LogP contribution in [0.2, 0.25) is 0 Å². The number of anilines is 1. The minimum Gasteiger partial charge on any atom is -0.344 e. The Hall–Kier alpha value is -2.48. The fraction of sp³-hybridized carbons (Fsp3) is 0.414. The van der Waals surface area contributed by atoms with Gasteiger partial charge in [-0.05, 0) is 38.0 Å². The standard InChI is InChI=1S/C29H37N2.ClHO4/c1-7-20-30-24-16-11-9-14-22(24)28(3,4)26(30)18-13-19-27-29(5,6)23-15-10-12-17-25(23)31(27)21-8-2;2-1(3,4)5/h9-19H,7-8,20-21H2,1-6H3;(H,2,3,4,5)/q+1;/p-1. The third-order valence-corrected chi connectivity index (χ3v) is 7.00. The Kier molecular flexibility index (Phi) is 8.48. The Morgan fingerprint density at radius 1 is 0.833 bits per heavy atom. The van der Waals surface area contributed by atoms with Crippen molar-refractivity contribution in [2.45, 2.75) is 65.2 Å². The van der Waals surface area contributed by atoms with Gasteiger partial charge in [-0.25, -0.2) is 18.6 Å². The Labute approximate surface area is 217 Å². The van der Waals surface area contributed by atoms with E-state index in [2.05, 4.69) is 118 Å². The maximum atomic E-state index is 8.49. The third kappa shape index (κ3) is 5.74. The van der Waals surface area contributed by atoms with Gasteiger partial charge in [-0.1, -0.05) is 70.2 Å². The topological polar surface area (TPSA) is 98.5 Å². The molecule has 2 heterocycles. The van der Waals surface area contributed by atoms with Crippen LogP contribution in [0.4, 0.5) is 11.4 Å². The van der Waals surface area contributed by atoms with Crippen LogP contribution in [0.1, 0.15) is 65.5 Å². The molecule has 0 aromatic heterocycles. The van der Waals surface area contributed by atoms with Crippen LogP contribution in [-0.4, -0.2) is 23.4 Å². The highest BCUT2D eigenvalue weighted by atomic mass is 35.7. The van der Waals surface area contributed by atoms with Gasteiger partial charge in [0.2, 0.25) is 5.69 Å². The number of para-hydroxylation sites is 2. The summed E-state index contributed by atoms with van der Waals surface area (Å²) in [5.41, 5.74) is 8.39. The van der Waals surface area contributed by atoms with E-state index in [1.54, 1.807) is 0 Å². The average molecular weight is 513 g/mol. The first-order chi connectivity index (χ1) is 16.8. The first-order valence-electron chi connectivity index (χ1n) is 12.5. The summed E-state index contributed by atoms with van der Waals surface area (Å²) in [6.45, 7) is 16.0. The Morgan fingerprint density at radius 2 is 1.42 bits per heavy atom. The molecule has 0 atom stereocenters. The molecule has 2 aromatic rings. The van der Waals surface area contributed by atoms with E-state index >= 15 is 0 Å². The summed E-state index contributed by atoms with van der Waals surface area (Å²) in [5, 5.41) is 0. The number of benzene rings is 2. The van der Waals surface area contributed by atoms with Crippen LogP contribution >= 0.6 is 0 Å². The summed E-state index contributed by atoms with van der Waals surface area (Å²) in [6, 6.07) is 17.8. The van der Waals surface area contributed by atoms with Crippen molar-refractivity contribution >= 4 is 17.1 Å². The number of allylic oxidation sites excluding steroid dienone is 4. The first kappa shape index (κ1) is 28.1. The molecule has 0 bridgehead atoms. The maximum Gasteiger partial charge on any atom is 0.209 e. The molecule has 194 valence electrons. The molecule has 0 fully saturated rings. The van der Waals surface area contributed by atoms with Crippen molar-refractivity contribution < 1.29 is 33.5 Å². The highest BCUT2D eigenvalue weighted by Gasteiger charge is 2.44. The fourth-order valence-corrected chi connectivity index (χ4v) is 5.44. The predicted molar refractivity (Wildman–Crippen MR) is 134 cm³/mol. The average Bonchev–Trinajstić information content (AvgIpc) is 3.14. The van der Waals surface area contributed by atoms with Crippen LogP contribution in [0, 0.1) is 10.2 Å². The van der Waals surface area contributed by atoms with E-state index in [4.69, 9.17) is 18.6 Å². The molecule has 4 rings (SSSR count). The van der Waals surface area contributed by atoms with Crippen molar-refractivity contribution in [1.29, 1.82) is 0 Å². The molecule has 36 heavy (non-hydrogen) atoms. The number of hydrogen-bond donors (Lipinski definition) is 0. The van der Waals surface area contributed by atoms with Gasteiger partial charge in [0.25, 0.3) is 0 Å². The molecule has 2 aliphatic rings. The zero-order valence-corrected chi connectivity index (χ0v) is 22.8. The van der Waals surface area contributed by atoms with Crippen molar-refractivity contribution in [3.63, 3.8) is 0 Å². The number of rotatable bonds is 6. The molecular formula is C29H37ClN2O4. The molecule has 0 N–H and O–H groups in total. The van der Waals surface area contributed by atoms with E-state index in [9.17, 15) is 0 Å². The lowest BCUT2D eigenvalue weighted by Gasteiger charge is -2.26. The van der Waals surface area contributed by atoms with E-state index in [-0.39, 0.29) is 10.8 Å². The highest BCUT2D eigenvalue weighted by molar-refractivity contribution is 6.03. The van der Waals surface area contributed by atoms with Crippen molar-refractivity contribution in [3.05, 3.63) is 83.6 Å². The van der Waals surface area contributed by atoms with Crippen LogP contribution in [0.15, 0.2) is 72.5 Å². The van der Waals surface area contributed by atoms with Crippen LogP contribution in [0.25, 0.3) is 0 Å². The van der Waals surface area contributed by atoms with Gasteiger partial charge in [-0.15, -0.1) is 10.2 Å². The first-order valence-corrected chi connectivity index (χ1v) is 13.7. The summed E-state index contributed by atoms with van der Waals surface area (Å²) in [4.78, 5) is 2.52. The summed E-state index contributed by atoms with van der Waals surface area (Å²) < 4.78 is 36.5. The third-order valence-electron chi connectivity index (χ3n) is 7.00. The van der Waals surface area contributed by atoms with Gasteiger partial charge in [0.05, 0.1) is 5.41 Å². The molecule has 2 aromatic carbocycles. The molecule has 0 aliphatic carbocycles. The molecule has 0 unspecified atom stereocenters. The van der Waals surface area contributed by atoms with Crippen LogP contribution in [0.3, 0.4) is 0 Å². The van der Waals surface area contributed by atoms with Gasteiger partial charge in [-0.3, -0.25) is 0 Å². The molecule has 7 heteroatoms. The Morgan fingerprint density at radius 3 is 2.03 bits per heavy atom. The summed E-state index contributed by atoms with van der Waals surface area (Å²) in [5.74, 6) is 0.